The summed E-state index contributed by atoms with van der Waals surface area (Å²) in [6.45, 7) is 2.36. The first-order chi connectivity index (χ1) is 6.79. The minimum absolute atomic E-state index is 0.0964. The quantitative estimate of drug-likeness (QED) is 0.522. The van der Waals surface area contributed by atoms with Crippen LogP contribution in [0.4, 0.5) is 0 Å². The zero-order valence-electron chi connectivity index (χ0n) is 9.10. The first-order valence-electron chi connectivity index (χ1n) is 6.10. The monoisotopic (exact) mass is 197 g/mol. The zero-order valence-corrected chi connectivity index (χ0v) is 9.10. The van der Waals surface area contributed by atoms with Crippen LogP contribution in [0.5, 0.6) is 0 Å². The molecule has 1 heterocycles. The second-order valence-corrected chi connectivity index (χ2v) is 4.88. The van der Waals surface area contributed by atoms with Crippen molar-refractivity contribution in [1.82, 2.24) is 10.4 Å². The summed E-state index contributed by atoms with van der Waals surface area (Å²) in [5.74, 6) is 0. The van der Waals surface area contributed by atoms with Gasteiger partial charge < -0.3 is 5.73 Å². The molecule has 0 bridgehead atoms. The zero-order chi connectivity index (χ0) is 9.86. The fourth-order valence-corrected chi connectivity index (χ4v) is 2.62. The molecule has 14 heavy (non-hydrogen) atoms. The Morgan fingerprint density at radius 1 is 0.857 bits per heavy atom. The second kappa shape index (κ2) is 4.60. The Labute approximate surface area is 87.0 Å². The number of hydrogen-bond acceptors (Lipinski definition) is 3. The van der Waals surface area contributed by atoms with Gasteiger partial charge in [0, 0.05) is 13.1 Å². The molecule has 1 aliphatic heterocycles. The van der Waals surface area contributed by atoms with Gasteiger partial charge in [-0.05, 0) is 25.7 Å². The van der Waals surface area contributed by atoms with Crippen LogP contribution in [0.3, 0.4) is 0 Å². The van der Waals surface area contributed by atoms with Crippen molar-refractivity contribution in [2.24, 2.45) is 5.73 Å². The highest BCUT2D eigenvalue weighted by molar-refractivity contribution is 4.83. The van der Waals surface area contributed by atoms with Crippen molar-refractivity contribution >= 4 is 0 Å². The summed E-state index contributed by atoms with van der Waals surface area (Å²) < 4.78 is 0. The summed E-state index contributed by atoms with van der Waals surface area (Å²) in [5, 5.41) is 2.32. The third kappa shape index (κ3) is 2.69. The van der Waals surface area contributed by atoms with E-state index in [9.17, 15) is 0 Å². The van der Waals surface area contributed by atoms with E-state index in [0.29, 0.717) is 0 Å². The summed E-state index contributed by atoms with van der Waals surface area (Å²) in [6.07, 6.45) is 10.2. The van der Waals surface area contributed by atoms with E-state index in [1.54, 1.807) is 0 Å². The number of nitrogens with zero attached hydrogens (tertiary/aromatic N) is 1. The molecule has 3 nitrogen and oxygen atoms in total. The third-order valence-corrected chi connectivity index (χ3v) is 3.48. The predicted octanol–water partition coefficient (Wildman–Crippen LogP) is 1.60. The van der Waals surface area contributed by atoms with Crippen LogP contribution in [0, 0.1) is 0 Å². The molecule has 0 amide bonds. The SMILES string of the molecule is NC1(NN2CCCC2)CCCCCC1. The van der Waals surface area contributed by atoms with E-state index in [-0.39, 0.29) is 5.66 Å². The molecule has 1 saturated carbocycles. The van der Waals surface area contributed by atoms with Gasteiger partial charge in [-0.2, -0.15) is 0 Å². The summed E-state index contributed by atoms with van der Waals surface area (Å²) in [6, 6.07) is 0. The third-order valence-electron chi connectivity index (χ3n) is 3.48. The number of nitrogens with two attached hydrogens (primary N) is 1. The fraction of sp³-hybridized carbons (Fsp3) is 1.00. The largest absolute Gasteiger partial charge is 0.312 e. The van der Waals surface area contributed by atoms with Crippen LogP contribution in [-0.4, -0.2) is 23.8 Å². The topological polar surface area (TPSA) is 41.3 Å². The normalized spacial score (nSPS) is 28.9. The standard InChI is InChI=1S/C11H23N3/c12-11(7-3-1-2-4-8-11)13-14-9-5-6-10-14/h13H,1-10,12H2. The van der Waals surface area contributed by atoms with E-state index in [1.807, 2.05) is 0 Å². The van der Waals surface area contributed by atoms with Gasteiger partial charge in [0.05, 0.1) is 5.66 Å². The lowest BCUT2D eigenvalue weighted by Crippen LogP contribution is -2.59. The van der Waals surface area contributed by atoms with E-state index in [1.165, 1.54) is 51.6 Å². The highest BCUT2D eigenvalue weighted by atomic mass is 15.6. The summed E-state index contributed by atoms with van der Waals surface area (Å²) >= 11 is 0. The average molecular weight is 197 g/mol. The van der Waals surface area contributed by atoms with Gasteiger partial charge in [-0.1, -0.05) is 25.7 Å². The minimum atomic E-state index is -0.0964. The second-order valence-electron chi connectivity index (χ2n) is 4.88. The Hall–Kier alpha value is -0.120. The molecule has 0 atom stereocenters. The van der Waals surface area contributed by atoms with Gasteiger partial charge in [0.25, 0.3) is 0 Å². The molecular weight excluding hydrogens is 174 g/mol. The number of rotatable bonds is 2. The molecule has 3 N–H and O–H groups in total. The predicted molar refractivity (Wildman–Crippen MR) is 58.6 cm³/mol. The average Bonchev–Trinajstić information content (AvgIpc) is 2.55. The molecule has 2 rings (SSSR count). The van der Waals surface area contributed by atoms with Gasteiger partial charge in [0.15, 0.2) is 0 Å². The Morgan fingerprint density at radius 2 is 1.43 bits per heavy atom. The molecule has 0 radical (unpaired) electrons. The summed E-state index contributed by atoms with van der Waals surface area (Å²) in [7, 11) is 0. The van der Waals surface area contributed by atoms with E-state index in [0.717, 1.165) is 12.8 Å². The van der Waals surface area contributed by atoms with E-state index in [4.69, 9.17) is 5.73 Å². The van der Waals surface area contributed by atoms with Crippen molar-refractivity contribution in [1.29, 1.82) is 0 Å². The lowest BCUT2D eigenvalue weighted by molar-refractivity contribution is 0.117. The molecule has 3 heteroatoms. The minimum Gasteiger partial charge on any atom is -0.312 e. The molecular formula is C11H23N3. The number of hydrazine groups is 1. The van der Waals surface area contributed by atoms with Crippen LogP contribution in [0.25, 0.3) is 0 Å². The molecule has 0 aromatic rings. The van der Waals surface area contributed by atoms with Crippen molar-refractivity contribution in [3.63, 3.8) is 0 Å². The van der Waals surface area contributed by atoms with Crippen molar-refractivity contribution in [3.8, 4) is 0 Å². The number of hydrogen-bond donors (Lipinski definition) is 2. The molecule has 2 fully saturated rings. The molecule has 0 unspecified atom stereocenters. The maximum absolute atomic E-state index is 6.39. The van der Waals surface area contributed by atoms with Crippen molar-refractivity contribution in [2.75, 3.05) is 13.1 Å². The Kier molecular flexibility index (Phi) is 3.42. The molecule has 1 saturated heterocycles. The van der Waals surface area contributed by atoms with Gasteiger partial charge >= 0.3 is 0 Å². The molecule has 82 valence electrons. The van der Waals surface area contributed by atoms with Gasteiger partial charge in [0.1, 0.15) is 0 Å². The lowest BCUT2D eigenvalue weighted by atomic mass is 10.0. The van der Waals surface area contributed by atoms with E-state index in [2.05, 4.69) is 10.4 Å². The highest BCUT2D eigenvalue weighted by Crippen LogP contribution is 2.23. The van der Waals surface area contributed by atoms with E-state index >= 15 is 0 Å². The molecule has 0 aromatic heterocycles. The highest BCUT2D eigenvalue weighted by Gasteiger charge is 2.28. The number of nitrogens with one attached hydrogen (secondary N) is 1. The Morgan fingerprint density at radius 3 is 2.00 bits per heavy atom. The Balaban J connectivity index is 1.85. The van der Waals surface area contributed by atoms with Crippen LogP contribution in [-0.2, 0) is 0 Å². The maximum atomic E-state index is 6.39. The Bertz CT molecular complexity index is 167. The summed E-state index contributed by atoms with van der Waals surface area (Å²) in [4.78, 5) is 0. The van der Waals surface area contributed by atoms with Crippen LogP contribution >= 0.6 is 0 Å². The first-order valence-corrected chi connectivity index (χ1v) is 6.10. The summed E-state index contributed by atoms with van der Waals surface area (Å²) in [5.41, 5.74) is 9.84. The lowest BCUT2D eigenvalue weighted by Gasteiger charge is -2.34. The molecule has 0 spiro atoms. The van der Waals surface area contributed by atoms with Gasteiger partial charge in [-0.15, -0.1) is 0 Å². The van der Waals surface area contributed by atoms with Crippen molar-refractivity contribution < 1.29 is 0 Å². The van der Waals surface area contributed by atoms with Crippen molar-refractivity contribution in [2.45, 2.75) is 57.0 Å². The maximum Gasteiger partial charge on any atom is 0.0794 e. The van der Waals surface area contributed by atoms with Crippen molar-refractivity contribution in [3.05, 3.63) is 0 Å². The van der Waals surface area contributed by atoms with Gasteiger partial charge in [0.2, 0.25) is 0 Å². The first kappa shape index (κ1) is 10.4. The van der Waals surface area contributed by atoms with Crippen LogP contribution in [0.1, 0.15) is 51.4 Å². The van der Waals surface area contributed by atoms with Gasteiger partial charge in [-0.3, -0.25) is 0 Å². The molecule has 0 aromatic carbocycles. The smallest absolute Gasteiger partial charge is 0.0794 e. The van der Waals surface area contributed by atoms with Crippen LogP contribution < -0.4 is 11.2 Å². The van der Waals surface area contributed by atoms with Gasteiger partial charge in [-0.25, -0.2) is 10.4 Å². The molecule has 2 aliphatic rings. The van der Waals surface area contributed by atoms with E-state index < -0.39 is 0 Å². The molecule has 1 aliphatic carbocycles. The van der Waals surface area contributed by atoms with Crippen LogP contribution in [0.2, 0.25) is 0 Å². The fourth-order valence-electron chi connectivity index (χ4n) is 2.62. The van der Waals surface area contributed by atoms with Crippen LogP contribution in [0.15, 0.2) is 0 Å².